The second-order valence-corrected chi connectivity index (χ2v) is 8.45. The summed E-state index contributed by atoms with van der Waals surface area (Å²) >= 11 is 0. The molecule has 192 valence electrons. The lowest BCUT2D eigenvalue weighted by atomic mass is 10.1. The highest BCUT2D eigenvalue weighted by atomic mass is 19.1. The number of hydrogen-bond donors (Lipinski definition) is 0. The van der Waals surface area contributed by atoms with Crippen LogP contribution in [-0.4, -0.2) is 53.0 Å². The summed E-state index contributed by atoms with van der Waals surface area (Å²) in [5, 5.41) is 0. The highest BCUT2D eigenvalue weighted by Crippen LogP contribution is 2.23. The number of ether oxygens (including phenoxy) is 2. The molecule has 2 aliphatic heterocycles. The molecule has 0 radical (unpaired) electrons. The van der Waals surface area contributed by atoms with Crippen LogP contribution >= 0.6 is 0 Å². The summed E-state index contributed by atoms with van der Waals surface area (Å²) in [6, 6.07) is 12.2. The Labute approximate surface area is 209 Å². The molecule has 4 rings (SSSR count). The summed E-state index contributed by atoms with van der Waals surface area (Å²) in [5.41, 5.74) is 1.46. The molecule has 9 heteroatoms. The molecule has 2 saturated heterocycles. The van der Waals surface area contributed by atoms with Gasteiger partial charge in [-0.3, -0.25) is 14.5 Å². The molecule has 2 aliphatic rings. The van der Waals surface area contributed by atoms with Crippen LogP contribution in [0.4, 0.5) is 13.6 Å². The van der Waals surface area contributed by atoms with E-state index in [4.69, 9.17) is 9.47 Å². The number of hydrogen-bond acceptors (Lipinski definition) is 5. The van der Waals surface area contributed by atoms with Crippen molar-refractivity contribution in [2.24, 2.45) is 0 Å². The minimum atomic E-state index is -0.636. The first-order chi connectivity index (χ1) is 17.2. The van der Waals surface area contributed by atoms with Gasteiger partial charge in [-0.2, -0.15) is 0 Å². The number of imide groups is 1. The molecule has 0 aliphatic carbocycles. The number of nitrogens with zero attached hydrogens (tertiary/aromatic N) is 2. The van der Waals surface area contributed by atoms with Crippen molar-refractivity contribution in [3.05, 3.63) is 83.8 Å². The van der Waals surface area contributed by atoms with E-state index in [1.165, 1.54) is 18.2 Å². The molecule has 2 unspecified atom stereocenters. The van der Waals surface area contributed by atoms with Crippen molar-refractivity contribution in [1.29, 1.82) is 0 Å². The van der Waals surface area contributed by atoms with Gasteiger partial charge in [-0.05, 0) is 48.7 Å². The molecule has 0 N–H and O–H groups in total. The van der Waals surface area contributed by atoms with Crippen LogP contribution in [0.1, 0.15) is 37.8 Å². The summed E-state index contributed by atoms with van der Waals surface area (Å²) in [7, 11) is 0. The van der Waals surface area contributed by atoms with Crippen LogP contribution in [-0.2, 0) is 31.9 Å². The first-order valence-corrected chi connectivity index (χ1v) is 11.9. The van der Waals surface area contributed by atoms with Gasteiger partial charge >= 0.3 is 6.09 Å². The van der Waals surface area contributed by atoms with Gasteiger partial charge < -0.3 is 9.47 Å². The van der Waals surface area contributed by atoms with Crippen LogP contribution in [0.5, 0.6) is 0 Å². The Balaban J connectivity index is 0.000000201. The van der Waals surface area contributed by atoms with Crippen molar-refractivity contribution >= 4 is 17.9 Å². The van der Waals surface area contributed by atoms with Gasteiger partial charge in [-0.1, -0.05) is 44.2 Å². The van der Waals surface area contributed by atoms with Crippen molar-refractivity contribution in [3.63, 3.8) is 0 Å². The Kier molecular flexibility index (Phi) is 9.16. The monoisotopic (exact) mass is 500 g/mol. The number of benzene rings is 2. The second-order valence-electron chi connectivity index (χ2n) is 8.45. The van der Waals surface area contributed by atoms with Gasteiger partial charge in [-0.25, -0.2) is 18.5 Å². The lowest BCUT2D eigenvalue weighted by Gasteiger charge is -2.21. The third-order valence-electron chi connectivity index (χ3n) is 5.98. The van der Waals surface area contributed by atoms with E-state index in [-0.39, 0.29) is 48.9 Å². The predicted molar refractivity (Wildman–Crippen MR) is 128 cm³/mol. The number of carbonyl (C=O) groups is 3. The number of rotatable bonds is 6. The fraction of sp³-hybridized carbons (Fsp3) is 0.370. The quantitative estimate of drug-likeness (QED) is 0.580. The van der Waals surface area contributed by atoms with E-state index in [0.717, 1.165) is 10.5 Å². The Morgan fingerprint density at radius 3 is 2.11 bits per heavy atom. The molecule has 2 fully saturated rings. The lowest BCUT2D eigenvalue weighted by molar-refractivity contribution is -0.130. The SMILES string of the molecule is C=C1OCC(Cc2ccc(F)cc2)N1C(=O)CC.CCC(=O)N1C(=O)OCC1Cc1ccccc1F. The van der Waals surface area contributed by atoms with E-state index >= 15 is 0 Å². The summed E-state index contributed by atoms with van der Waals surface area (Å²) in [4.78, 5) is 37.6. The van der Waals surface area contributed by atoms with Crippen LogP contribution in [0, 0.1) is 11.6 Å². The zero-order valence-electron chi connectivity index (χ0n) is 20.4. The molecule has 36 heavy (non-hydrogen) atoms. The van der Waals surface area contributed by atoms with E-state index < -0.39 is 12.1 Å². The van der Waals surface area contributed by atoms with Crippen molar-refractivity contribution in [2.45, 2.75) is 51.6 Å². The van der Waals surface area contributed by atoms with Gasteiger partial charge in [0.25, 0.3) is 0 Å². The van der Waals surface area contributed by atoms with Crippen molar-refractivity contribution in [3.8, 4) is 0 Å². The van der Waals surface area contributed by atoms with Crippen molar-refractivity contribution < 1.29 is 32.6 Å². The summed E-state index contributed by atoms with van der Waals surface area (Å²) in [5.74, 6) is -0.467. The molecule has 0 spiro atoms. The number of carbonyl (C=O) groups excluding carboxylic acids is 3. The molecule has 7 nitrogen and oxygen atoms in total. The topological polar surface area (TPSA) is 76.2 Å². The first-order valence-electron chi connectivity index (χ1n) is 11.9. The van der Waals surface area contributed by atoms with E-state index in [9.17, 15) is 23.2 Å². The average Bonchev–Trinajstić information content (AvgIpc) is 3.43. The van der Waals surface area contributed by atoms with Crippen LogP contribution in [0.15, 0.2) is 61.0 Å². The lowest BCUT2D eigenvalue weighted by Crippen LogP contribution is -2.39. The Bertz CT molecular complexity index is 1110. The molecular weight excluding hydrogens is 470 g/mol. The highest BCUT2D eigenvalue weighted by Gasteiger charge is 2.37. The van der Waals surface area contributed by atoms with E-state index in [0.29, 0.717) is 30.9 Å². The van der Waals surface area contributed by atoms with Gasteiger partial charge in [0.1, 0.15) is 24.8 Å². The molecule has 2 aromatic rings. The first kappa shape index (κ1) is 26.8. The third kappa shape index (κ3) is 6.47. The minimum absolute atomic E-state index is 0.00427. The Morgan fingerprint density at radius 2 is 1.47 bits per heavy atom. The molecule has 0 saturated carbocycles. The number of halogens is 2. The predicted octanol–water partition coefficient (Wildman–Crippen LogP) is 4.60. The van der Waals surface area contributed by atoms with E-state index in [1.807, 2.05) is 6.92 Å². The summed E-state index contributed by atoms with van der Waals surface area (Å²) in [6.45, 7) is 7.79. The van der Waals surface area contributed by atoms with Gasteiger partial charge in [0.05, 0.1) is 12.1 Å². The summed E-state index contributed by atoms with van der Waals surface area (Å²) < 4.78 is 36.5. The molecular formula is C27H30F2N2O5. The van der Waals surface area contributed by atoms with Crippen molar-refractivity contribution in [1.82, 2.24) is 9.80 Å². The maximum Gasteiger partial charge on any atom is 0.416 e. The molecule has 3 amide bonds. The van der Waals surface area contributed by atoms with Gasteiger partial charge in [-0.15, -0.1) is 0 Å². The zero-order chi connectivity index (χ0) is 26.2. The normalized spacial score (nSPS) is 18.9. The Hall–Kier alpha value is -3.75. The van der Waals surface area contributed by atoms with Gasteiger partial charge in [0.15, 0.2) is 5.88 Å². The van der Waals surface area contributed by atoms with Crippen LogP contribution in [0.2, 0.25) is 0 Å². The maximum atomic E-state index is 13.5. The van der Waals surface area contributed by atoms with E-state index in [1.54, 1.807) is 42.2 Å². The number of cyclic esters (lactones) is 1. The van der Waals surface area contributed by atoms with E-state index in [2.05, 4.69) is 6.58 Å². The number of amides is 3. The standard InChI is InChI=1S/C14H16FNO2.C13H14FNO3/c1-3-14(17)16-10(2)18-9-13(16)8-11-4-6-12(15)7-5-11;1-2-12(16)15-10(8-18-13(15)17)7-9-5-3-4-6-11(9)14/h4-7,13H,2-3,8-9H2,1H3;3-6,10H,2,7-8H2,1H3. The Morgan fingerprint density at radius 1 is 0.889 bits per heavy atom. The van der Waals surface area contributed by atoms with Crippen LogP contribution in [0.3, 0.4) is 0 Å². The smallest absolute Gasteiger partial charge is 0.416 e. The molecule has 2 aromatic carbocycles. The molecule has 0 aromatic heterocycles. The van der Waals surface area contributed by atoms with Gasteiger partial charge in [0, 0.05) is 12.8 Å². The molecule has 2 atom stereocenters. The van der Waals surface area contributed by atoms with Crippen molar-refractivity contribution in [2.75, 3.05) is 13.2 Å². The minimum Gasteiger partial charge on any atom is -0.477 e. The fourth-order valence-electron chi connectivity index (χ4n) is 4.10. The average molecular weight is 501 g/mol. The largest absolute Gasteiger partial charge is 0.477 e. The van der Waals surface area contributed by atoms with Crippen LogP contribution in [0.25, 0.3) is 0 Å². The second kappa shape index (κ2) is 12.3. The van der Waals surface area contributed by atoms with Crippen LogP contribution < -0.4 is 0 Å². The highest BCUT2D eigenvalue weighted by molar-refractivity contribution is 5.93. The molecule has 2 heterocycles. The van der Waals surface area contributed by atoms with Gasteiger partial charge in [0.2, 0.25) is 11.8 Å². The maximum absolute atomic E-state index is 13.5. The third-order valence-corrected chi connectivity index (χ3v) is 5.98. The zero-order valence-corrected chi connectivity index (χ0v) is 20.4. The fourth-order valence-corrected chi connectivity index (χ4v) is 4.10. The molecule has 0 bridgehead atoms. The summed E-state index contributed by atoms with van der Waals surface area (Å²) in [6.07, 6.45) is 0.934.